The molecule has 1 rings (SSSR count). The average molecular weight is 302 g/mol. The molecule has 0 atom stereocenters. The third kappa shape index (κ3) is 6.74. The van der Waals surface area contributed by atoms with Crippen molar-refractivity contribution in [1.29, 1.82) is 0 Å². The number of hydrogen-bond acceptors (Lipinski definition) is 6. The van der Waals surface area contributed by atoms with E-state index in [1.165, 1.54) is 7.11 Å². The number of anilines is 1. The number of ether oxygens (including phenoxy) is 1. The van der Waals surface area contributed by atoms with Crippen molar-refractivity contribution < 1.29 is 14.3 Å². The highest BCUT2D eigenvalue weighted by Gasteiger charge is 2.02. The van der Waals surface area contributed by atoms with Crippen molar-refractivity contribution in [3.63, 3.8) is 0 Å². The van der Waals surface area contributed by atoms with Gasteiger partial charge in [-0.3, -0.25) is 15.6 Å². The lowest BCUT2D eigenvalue weighted by Gasteiger charge is -2.08. The number of carbonyl (C=O) groups excluding carboxylic acids is 2. The average Bonchev–Trinajstić information content (AvgIpc) is 2.46. The summed E-state index contributed by atoms with van der Waals surface area (Å²) in [4.78, 5) is 22.2. The third-order valence-corrected chi connectivity index (χ3v) is 2.46. The summed E-state index contributed by atoms with van der Waals surface area (Å²) in [7, 11) is 1.35. The van der Waals surface area contributed by atoms with E-state index in [9.17, 15) is 9.59 Å². The largest absolute Gasteiger partial charge is 0.469 e. The van der Waals surface area contributed by atoms with Gasteiger partial charge in [-0.1, -0.05) is 11.6 Å². The molecule has 1 aromatic rings. The SMILES string of the molecule is COC(=O)CCCCNC(=O)NNc1ccc(Cl)nn1. The normalized spacial score (nSPS) is 9.70. The summed E-state index contributed by atoms with van der Waals surface area (Å²) >= 11 is 5.57. The smallest absolute Gasteiger partial charge is 0.333 e. The predicted molar refractivity (Wildman–Crippen MR) is 73.1 cm³/mol. The number of urea groups is 1. The number of unbranched alkanes of at least 4 members (excludes halogenated alkanes) is 1. The Morgan fingerprint density at radius 2 is 2.10 bits per heavy atom. The van der Waals surface area contributed by atoms with Crippen LogP contribution in [0.2, 0.25) is 5.15 Å². The van der Waals surface area contributed by atoms with Gasteiger partial charge in [0, 0.05) is 13.0 Å². The molecule has 0 saturated carbocycles. The zero-order chi connectivity index (χ0) is 14.8. The molecule has 1 heterocycles. The van der Waals surface area contributed by atoms with E-state index >= 15 is 0 Å². The first kappa shape index (κ1) is 16.0. The molecule has 110 valence electrons. The molecule has 0 unspecified atom stereocenters. The zero-order valence-electron chi connectivity index (χ0n) is 11.0. The van der Waals surface area contributed by atoms with Crippen LogP contribution >= 0.6 is 11.6 Å². The van der Waals surface area contributed by atoms with Gasteiger partial charge in [-0.25, -0.2) is 4.79 Å². The minimum atomic E-state index is -0.403. The van der Waals surface area contributed by atoms with E-state index in [0.717, 1.165) is 0 Å². The number of rotatable bonds is 7. The summed E-state index contributed by atoms with van der Waals surface area (Å²) in [6, 6.07) is 2.72. The lowest BCUT2D eigenvalue weighted by atomic mass is 10.2. The van der Waals surface area contributed by atoms with E-state index < -0.39 is 6.03 Å². The second-order valence-corrected chi connectivity index (χ2v) is 4.17. The van der Waals surface area contributed by atoms with Crippen LogP contribution < -0.4 is 16.2 Å². The van der Waals surface area contributed by atoms with Crippen LogP contribution in [0.15, 0.2) is 12.1 Å². The van der Waals surface area contributed by atoms with E-state index in [-0.39, 0.29) is 11.1 Å². The third-order valence-electron chi connectivity index (χ3n) is 2.26. The van der Waals surface area contributed by atoms with Crippen LogP contribution in [0.3, 0.4) is 0 Å². The number of aromatic nitrogens is 2. The van der Waals surface area contributed by atoms with Gasteiger partial charge in [0.2, 0.25) is 0 Å². The van der Waals surface area contributed by atoms with Crippen molar-refractivity contribution in [3.05, 3.63) is 17.3 Å². The van der Waals surface area contributed by atoms with E-state index in [2.05, 4.69) is 31.1 Å². The fraction of sp³-hybridized carbons (Fsp3) is 0.455. The second kappa shape index (κ2) is 8.92. The summed E-state index contributed by atoms with van der Waals surface area (Å²) in [6.07, 6.45) is 1.69. The minimum Gasteiger partial charge on any atom is -0.469 e. The molecular formula is C11H16ClN5O3. The molecule has 0 aliphatic carbocycles. The molecule has 0 aliphatic rings. The van der Waals surface area contributed by atoms with Crippen LogP contribution in [-0.4, -0.2) is 35.9 Å². The van der Waals surface area contributed by atoms with Crippen LogP contribution in [0.1, 0.15) is 19.3 Å². The maximum absolute atomic E-state index is 11.4. The van der Waals surface area contributed by atoms with Crippen molar-refractivity contribution in [3.8, 4) is 0 Å². The zero-order valence-corrected chi connectivity index (χ0v) is 11.7. The highest BCUT2D eigenvalue weighted by atomic mass is 35.5. The molecule has 2 amide bonds. The topological polar surface area (TPSA) is 105 Å². The van der Waals surface area contributed by atoms with Gasteiger partial charge in [0.15, 0.2) is 11.0 Å². The van der Waals surface area contributed by atoms with Crippen LogP contribution in [0.4, 0.5) is 10.6 Å². The van der Waals surface area contributed by atoms with E-state index in [0.29, 0.717) is 31.6 Å². The van der Waals surface area contributed by atoms with Gasteiger partial charge in [-0.05, 0) is 25.0 Å². The van der Waals surface area contributed by atoms with Crippen LogP contribution in [-0.2, 0) is 9.53 Å². The number of carbonyl (C=O) groups is 2. The maximum atomic E-state index is 11.4. The fourth-order valence-corrected chi connectivity index (χ4v) is 1.35. The molecule has 0 saturated heterocycles. The Morgan fingerprint density at radius 1 is 1.30 bits per heavy atom. The number of hydrazine groups is 1. The Morgan fingerprint density at radius 3 is 2.75 bits per heavy atom. The molecule has 3 N–H and O–H groups in total. The van der Waals surface area contributed by atoms with Gasteiger partial charge in [-0.15, -0.1) is 10.2 Å². The van der Waals surface area contributed by atoms with Gasteiger partial charge >= 0.3 is 12.0 Å². The molecule has 0 aromatic carbocycles. The highest BCUT2D eigenvalue weighted by Crippen LogP contribution is 2.04. The molecule has 20 heavy (non-hydrogen) atoms. The number of amides is 2. The second-order valence-electron chi connectivity index (χ2n) is 3.78. The maximum Gasteiger partial charge on any atom is 0.333 e. The molecule has 0 radical (unpaired) electrons. The number of esters is 1. The fourth-order valence-electron chi connectivity index (χ4n) is 1.25. The Hall–Kier alpha value is -2.09. The van der Waals surface area contributed by atoms with Crippen molar-refractivity contribution >= 4 is 29.4 Å². The van der Waals surface area contributed by atoms with Gasteiger partial charge < -0.3 is 10.1 Å². The molecule has 0 spiro atoms. The van der Waals surface area contributed by atoms with Crippen molar-refractivity contribution in [2.75, 3.05) is 19.1 Å². The number of methoxy groups -OCH3 is 1. The van der Waals surface area contributed by atoms with Crippen LogP contribution in [0.5, 0.6) is 0 Å². The van der Waals surface area contributed by atoms with E-state index in [1.54, 1.807) is 12.1 Å². The molecule has 0 bridgehead atoms. The Balaban J connectivity index is 2.08. The van der Waals surface area contributed by atoms with Crippen LogP contribution in [0.25, 0.3) is 0 Å². The number of nitrogens with zero attached hydrogens (tertiary/aromatic N) is 2. The lowest BCUT2D eigenvalue weighted by Crippen LogP contribution is -2.39. The monoisotopic (exact) mass is 301 g/mol. The molecule has 0 aliphatic heterocycles. The minimum absolute atomic E-state index is 0.252. The van der Waals surface area contributed by atoms with E-state index in [1.807, 2.05) is 0 Å². The Bertz CT molecular complexity index is 440. The van der Waals surface area contributed by atoms with Crippen molar-refractivity contribution in [1.82, 2.24) is 20.9 Å². The summed E-state index contributed by atoms with van der Waals surface area (Å²) < 4.78 is 4.50. The first-order valence-electron chi connectivity index (χ1n) is 5.97. The molecule has 9 heteroatoms. The molecule has 1 aromatic heterocycles. The summed E-state index contributed by atoms with van der Waals surface area (Å²) in [5.74, 6) is 0.118. The van der Waals surface area contributed by atoms with Gasteiger partial charge in [-0.2, -0.15) is 0 Å². The van der Waals surface area contributed by atoms with E-state index in [4.69, 9.17) is 11.6 Å². The standard InChI is InChI=1S/C11H16ClN5O3/c1-20-10(18)4-2-3-7-13-11(19)17-16-9-6-5-8(12)14-15-9/h5-6H,2-4,7H2,1H3,(H,15,16)(H2,13,17,19). The number of hydrogen-bond donors (Lipinski definition) is 3. The Kier molecular flexibility index (Phi) is 7.12. The summed E-state index contributed by atoms with van der Waals surface area (Å²) in [5.41, 5.74) is 4.96. The Labute approximate surface area is 121 Å². The molecule has 8 nitrogen and oxygen atoms in total. The first-order chi connectivity index (χ1) is 9.61. The van der Waals surface area contributed by atoms with Crippen molar-refractivity contribution in [2.45, 2.75) is 19.3 Å². The quantitative estimate of drug-likeness (QED) is 0.396. The molecule has 0 fully saturated rings. The molecular weight excluding hydrogens is 286 g/mol. The predicted octanol–water partition coefficient (Wildman–Crippen LogP) is 1.10. The first-order valence-corrected chi connectivity index (χ1v) is 6.35. The highest BCUT2D eigenvalue weighted by molar-refractivity contribution is 6.29. The van der Waals surface area contributed by atoms with Crippen molar-refractivity contribution in [2.24, 2.45) is 0 Å². The van der Waals surface area contributed by atoms with Crippen LogP contribution in [0, 0.1) is 0 Å². The van der Waals surface area contributed by atoms with Gasteiger partial charge in [0.25, 0.3) is 0 Å². The van der Waals surface area contributed by atoms with Gasteiger partial charge in [0.1, 0.15) is 0 Å². The van der Waals surface area contributed by atoms with Gasteiger partial charge in [0.05, 0.1) is 7.11 Å². The lowest BCUT2D eigenvalue weighted by molar-refractivity contribution is -0.140. The number of halogens is 1. The summed E-state index contributed by atoms with van der Waals surface area (Å²) in [5, 5.41) is 10.2. The number of nitrogens with one attached hydrogen (secondary N) is 3. The summed E-state index contributed by atoms with van der Waals surface area (Å²) in [6.45, 7) is 0.455.